The number of rotatable bonds is 5. The number of aromatic nitrogens is 1. The predicted molar refractivity (Wildman–Crippen MR) is 69.8 cm³/mol. The van der Waals surface area contributed by atoms with Gasteiger partial charge in [0, 0.05) is 25.3 Å². The van der Waals surface area contributed by atoms with Crippen LogP contribution in [0.1, 0.15) is 32.8 Å². The summed E-state index contributed by atoms with van der Waals surface area (Å²) in [6.07, 6.45) is 4.91. The van der Waals surface area contributed by atoms with Gasteiger partial charge in [0.05, 0.1) is 11.9 Å². The predicted octanol–water partition coefficient (Wildman–Crippen LogP) is 2.43. The summed E-state index contributed by atoms with van der Waals surface area (Å²) in [5.41, 5.74) is 2.66. The summed E-state index contributed by atoms with van der Waals surface area (Å²) in [4.78, 5) is 6.54. The van der Waals surface area contributed by atoms with Crippen LogP contribution in [0.3, 0.4) is 0 Å². The summed E-state index contributed by atoms with van der Waals surface area (Å²) >= 11 is 0. The maximum atomic E-state index is 4.23. The summed E-state index contributed by atoms with van der Waals surface area (Å²) in [5, 5.41) is 3.19. The first-order valence-corrected chi connectivity index (χ1v) is 5.84. The Labute approximate surface area is 98.9 Å². The molecule has 3 heteroatoms. The maximum absolute atomic E-state index is 4.23. The first-order valence-electron chi connectivity index (χ1n) is 5.84. The Kier molecular flexibility index (Phi) is 4.30. The molecule has 0 saturated carbocycles. The van der Waals surface area contributed by atoms with Crippen molar-refractivity contribution in [2.24, 2.45) is 0 Å². The molecule has 1 heterocycles. The van der Waals surface area contributed by atoms with E-state index < -0.39 is 0 Å². The molecule has 0 atom stereocenters. The molecule has 1 rings (SSSR count). The van der Waals surface area contributed by atoms with Gasteiger partial charge < -0.3 is 10.2 Å². The third-order valence-electron chi connectivity index (χ3n) is 3.39. The zero-order valence-electron chi connectivity index (χ0n) is 11.0. The van der Waals surface area contributed by atoms with Crippen LogP contribution in [-0.2, 0) is 6.54 Å². The third-order valence-corrected chi connectivity index (χ3v) is 3.39. The second kappa shape index (κ2) is 5.30. The van der Waals surface area contributed by atoms with Gasteiger partial charge in [0.15, 0.2) is 0 Å². The monoisotopic (exact) mass is 221 g/mol. The molecule has 0 aliphatic carbocycles. The lowest BCUT2D eigenvalue weighted by Gasteiger charge is -2.37. The van der Waals surface area contributed by atoms with Crippen LogP contribution < -0.4 is 10.2 Å². The Balaban J connectivity index is 3.02. The molecule has 0 aromatic carbocycles. The van der Waals surface area contributed by atoms with E-state index >= 15 is 0 Å². The number of anilines is 1. The van der Waals surface area contributed by atoms with Crippen LogP contribution in [-0.4, -0.2) is 24.6 Å². The lowest BCUT2D eigenvalue weighted by molar-refractivity contribution is 0.469. The molecule has 3 nitrogen and oxygen atoms in total. The highest BCUT2D eigenvalue weighted by atomic mass is 15.2. The van der Waals surface area contributed by atoms with Crippen LogP contribution in [0.4, 0.5) is 5.69 Å². The fourth-order valence-electron chi connectivity index (χ4n) is 1.62. The summed E-state index contributed by atoms with van der Waals surface area (Å²) in [6.45, 7) is 7.60. The van der Waals surface area contributed by atoms with Crippen LogP contribution in [0.15, 0.2) is 18.5 Å². The van der Waals surface area contributed by atoms with Crippen molar-refractivity contribution in [3.8, 4) is 0 Å². The fourth-order valence-corrected chi connectivity index (χ4v) is 1.62. The molecule has 0 saturated heterocycles. The number of nitrogens with zero attached hydrogens (tertiary/aromatic N) is 2. The van der Waals surface area contributed by atoms with E-state index in [1.54, 1.807) is 0 Å². The van der Waals surface area contributed by atoms with Gasteiger partial charge >= 0.3 is 0 Å². The molecule has 0 spiro atoms. The van der Waals surface area contributed by atoms with Gasteiger partial charge in [-0.25, -0.2) is 0 Å². The maximum Gasteiger partial charge on any atom is 0.0600 e. The molecule has 1 aromatic rings. The van der Waals surface area contributed by atoms with E-state index in [1.165, 1.54) is 11.3 Å². The highest BCUT2D eigenvalue weighted by Crippen LogP contribution is 2.26. The van der Waals surface area contributed by atoms with Crippen molar-refractivity contribution in [3.05, 3.63) is 24.0 Å². The van der Waals surface area contributed by atoms with E-state index in [0.29, 0.717) is 0 Å². The molecule has 0 aliphatic rings. The molecule has 0 bridgehead atoms. The van der Waals surface area contributed by atoms with E-state index in [1.807, 2.05) is 19.4 Å². The van der Waals surface area contributed by atoms with E-state index in [4.69, 9.17) is 0 Å². The van der Waals surface area contributed by atoms with E-state index in [2.05, 4.69) is 49.1 Å². The van der Waals surface area contributed by atoms with E-state index in [0.717, 1.165) is 13.0 Å². The largest absolute Gasteiger partial charge is 0.368 e. The minimum absolute atomic E-state index is 0.158. The zero-order chi connectivity index (χ0) is 12.2. The molecule has 0 aliphatic heterocycles. The Hall–Kier alpha value is -1.09. The number of hydrogen-bond acceptors (Lipinski definition) is 3. The Morgan fingerprint density at radius 3 is 2.69 bits per heavy atom. The van der Waals surface area contributed by atoms with Gasteiger partial charge in [-0.05, 0) is 38.9 Å². The quantitative estimate of drug-likeness (QED) is 0.827. The number of pyridine rings is 1. The Morgan fingerprint density at radius 2 is 2.12 bits per heavy atom. The molecule has 0 radical (unpaired) electrons. The normalized spacial score (nSPS) is 11.6. The van der Waals surface area contributed by atoms with Crippen LogP contribution in [0.2, 0.25) is 0 Å². The lowest BCUT2D eigenvalue weighted by Crippen LogP contribution is -2.41. The van der Waals surface area contributed by atoms with E-state index in [9.17, 15) is 0 Å². The van der Waals surface area contributed by atoms with Crippen LogP contribution in [0.5, 0.6) is 0 Å². The van der Waals surface area contributed by atoms with E-state index in [-0.39, 0.29) is 5.54 Å². The average molecular weight is 221 g/mol. The Bertz CT molecular complexity index is 334. The molecule has 1 N–H and O–H groups in total. The topological polar surface area (TPSA) is 28.2 Å². The molecular weight excluding hydrogens is 198 g/mol. The molecule has 0 amide bonds. The van der Waals surface area contributed by atoms with Gasteiger partial charge in [-0.3, -0.25) is 4.98 Å². The van der Waals surface area contributed by atoms with Crippen molar-refractivity contribution in [1.82, 2.24) is 10.3 Å². The first-order chi connectivity index (χ1) is 7.53. The number of hydrogen-bond donors (Lipinski definition) is 1. The van der Waals surface area contributed by atoms with Crippen molar-refractivity contribution in [1.29, 1.82) is 0 Å². The van der Waals surface area contributed by atoms with Crippen molar-refractivity contribution in [2.45, 2.75) is 39.3 Å². The van der Waals surface area contributed by atoms with Crippen molar-refractivity contribution in [2.75, 3.05) is 19.0 Å². The SMILES string of the molecule is CCC(C)(C)N(C)c1cnccc1CNC. The van der Waals surface area contributed by atoms with Crippen LogP contribution in [0.25, 0.3) is 0 Å². The standard InChI is InChI=1S/C13H23N3/c1-6-13(2,3)16(5)12-10-15-8-7-11(12)9-14-4/h7-8,10,14H,6,9H2,1-5H3. The van der Waals surface area contributed by atoms with Gasteiger partial charge in [-0.2, -0.15) is 0 Å². The summed E-state index contributed by atoms with van der Waals surface area (Å²) in [5.74, 6) is 0. The molecule has 16 heavy (non-hydrogen) atoms. The third kappa shape index (κ3) is 2.73. The van der Waals surface area contributed by atoms with Gasteiger partial charge in [-0.1, -0.05) is 6.92 Å². The molecule has 0 unspecified atom stereocenters. The molecular formula is C13H23N3. The zero-order valence-corrected chi connectivity index (χ0v) is 11.0. The van der Waals surface area contributed by atoms with Crippen molar-refractivity contribution >= 4 is 5.69 Å². The molecule has 90 valence electrons. The summed E-state index contributed by atoms with van der Waals surface area (Å²) < 4.78 is 0. The Morgan fingerprint density at radius 1 is 1.44 bits per heavy atom. The lowest BCUT2D eigenvalue weighted by atomic mass is 9.98. The van der Waals surface area contributed by atoms with Crippen molar-refractivity contribution in [3.63, 3.8) is 0 Å². The molecule has 1 aromatic heterocycles. The average Bonchev–Trinajstić information content (AvgIpc) is 2.29. The van der Waals surface area contributed by atoms with Gasteiger partial charge in [0.1, 0.15) is 0 Å². The van der Waals surface area contributed by atoms with Crippen LogP contribution in [0, 0.1) is 0 Å². The first kappa shape index (κ1) is 13.0. The van der Waals surface area contributed by atoms with Crippen molar-refractivity contribution < 1.29 is 0 Å². The van der Waals surface area contributed by atoms with Gasteiger partial charge in [0.2, 0.25) is 0 Å². The second-order valence-corrected chi connectivity index (χ2v) is 4.76. The minimum Gasteiger partial charge on any atom is -0.368 e. The highest BCUT2D eigenvalue weighted by Gasteiger charge is 2.23. The highest BCUT2D eigenvalue weighted by molar-refractivity contribution is 5.52. The van der Waals surface area contributed by atoms with Gasteiger partial charge in [-0.15, -0.1) is 0 Å². The fraction of sp³-hybridized carbons (Fsp3) is 0.615. The summed E-state index contributed by atoms with van der Waals surface area (Å²) in [7, 11) is 4.11. The molecule has 0 fully saturated rings. The smallest absolute Gasteiger partial charge is 0.0600 e. The summed E-state index contributed by atoms with van der Waals surface area (Å²) in [6, 6.07) is 2.08. The minimum atomic E-state index is 0.158. The van der Waals surface area contributed by atoms with Crippen LogP contribution >= 0.6 is 0 Å². The number of nitrogens with one attached hydrogen (secondary N) is 1. The van der Waals surface area contributed by atoms with Gasteiger partial charge in [0.25, 0.3) is 0 Å². The second-order valence-electron chi connectivity index (χ2n) is 4.76.